The molecule has 0 saturated carbocycles. The van der Waals surface area contributed by atoms with Gasteiger partial charge in [0.15, 0.2) is 5.78 Å². The lowest BCUT2D eigenvalue weighted by atomic mass is 9.99. The fourth-order valence-electron chi connectivity index (χ4n) is 2.57. The maximum absolute atomic E-state index is 13.1. The number of ketones is 1. The van der Waals surface area contributed by atoms with Gasteiger partial charge in [-0.15, -0.1) is 0 Å². The molecule has 3 nitrogen and oxygen atoms in total. The molecule has 0 bridgehead atoms. The molecule has 0 aliphatic carbocycles. The summed E-state index contributed by atoms with van der Waals surface area (Å²) >= 11 is 0. The molecule has 1 aromatic heterocycles. The van der Waals surface area contributed by atoms with E-state index in [1.165, 1.54) is 12.1 Å². The van der Waals surface area contributed by atoms with Gasteiger partial charge >= 0.3 is 0 Å². The maximum atomic E-state index is 13.1. The molecule has 0 fully saturated rings. The number of fused-ring (bicyclic) bond motifs is 1. The molecule has 0 radical (unpaired) electrons. The van der Waals surface area contributed by atoms with Crippen LogP contribution in [0.25, 0.3) is 22.2 Å². The van der Waals surface area contributed by atoms with Gasteiger partial charge in [-0.2, -0.15) is 0 Å². The first kappa shape index (κ1) is 15.3. The Morgan fingerprint density at radius 3 is 2.57 bits per heavy atom. The summed E-state index contributed by atoms with van der Waals surface area (Å²) in [5.74, 6) is -0.244. The Kier molecular flexibility index (Phi) is 4.44. The number of pyridine rings is 1. The number of halogens is 1. The largest absolute Gasteiger partial charge is 0.330 e. The quantitative estimate of drug-likeness (QED) is 0.726. The number of Topliss-reactive ketones (excluding diaryl/α,β-unsaturated/α-hetero) is 1. The number of aromatic nitrogens is 1. The number of carbonyl (C=O) groups excluding carboxylic acids is 1. The van der Waals surface area contributed by atoms with Crippen LogP contribution in [0, 0.1) is 5.82 Å². The summed E-state index contributed by atoms with van der Waals surface area (Å²) in [4.78, 5) is 17.1. The van der Waals surface area contributed by atoms with Gasteiger partial charge in [0, 0.05) is 22.9 Å². The molecule has 3 rings (SSSR count). The van der Waals surface area contributed by atoms with Crippen molar-refractivity contribution in [2.75, 3.05) is 6.54 Å². The van der Waals surface area contributed by atoms with Crippen LogP contribution in [0.2, 0.25) is 0 Å². The molecule has 116 valence electrons. The number of nitrogens with zero attached hydrogens (tertiary/aromatic N) is 1. The van der Waals surface area contributed by atoms with E-state index in [4.69, 9.17) is 5.73 Å². The molecule has 0 amide bonds. The van der Waals surface area contributed by atoms with E-state index in [0.29, 0.717) is 30.6 Å². The third-order valence-corrected chi connectivity index (χ3v) is 3.76. The first-order valence-electron chi connectivity index (χ1n) is 7.58. The minimum Gasteiger partial charge on any atom is -0.330 e. The number of carbonyl (C=O) groups is 1. The van der Waals surface area contributed by atoms with Crippen LogP contribution in [-0.2, 0) is 0 Å². The third kappa shape index (κ3) is 3.27. The van der Waals surface area contributed by atoms with Crippen LogP contribution >= 0.6 is 0 Å². The Hall–Kier alpha value is -2.59. The van der Waals surface area contributed by atoms with Crippen molar-refractivity contribution in [2.45, 2.75) is 12.8 Å². The molecule has 2 N–H and O–H groups in total. The Balaban J connectivity index is 2.13. The van der Waals surface area contributed by atoms with Crippen LogP contribution in [0.4, 0.5) is 4.39 Å². The van der Waals surface area contributed by atoms with Crippen LogP contribution in [0.1, 0.15) is 23.2 Å². The molecule has 0 unspecified atom stereocenters. The minimum atomic E-state index is -0.297. The van der Waals surface area contributed by atoms with Gasteiger partial charge in [0.25, 0.3) is 0 Å². The third-order valence-electron chi connectivity index (χ3n) is 3.76. The topological polar surface area (TPSA) is 56.0 Å². The highest BCUT2D eigenvalue weighted by Crippen LogP contribution is 2.26. The summed E-state index contributed by atoms with van der Waals surface area (Å²) in [6.07, 6.45) is 1.06. The molecule has 1 heterocycles. The van der Waals surface area contributed by atoms with E-state index in [1.807, 2.05) is 24.3 Å². The van der Waals surface area contributed by atoms with Crippen molar-refractivity contribution < 1.29 is 9.18 Å². The lowest BCUT2D eigenvalue weighted by molar-refractivity contribution is 0.0982. The Morgan fingerprint density at radius 2 is 1.83 bits per heavy atom. The van der Waals surface area contributed by atoms with Gasteiger partial charge in [-0.25, -0.2) is 9.37 Å². The summed E-state index contributed by atoms with van der Waals surface area (Å²) in [6.45, 7) is 0.486. The molecule has 2 aromatic carbocycles. The smallest absolute Gasteiger partial charge is 0.163 e. The van der Waals surface area contributed by atoms with Gasteiger partial charge in [-0.1, -0.05) is 18.2 Å². The summed E-state index contributed by atoms with van der Waals surface area (Å²) in [7, 11) is 0. The zero-order valence-electron chi connectivity index (χ0n) is 12.6. The Bertz CT molecular complexity index is 844. The standard InChI is InChI=1S/C19H17FN2O/c20-14-9-7-13(8-10-14)18-12-16(19(23)6-3-11-21)15-4-1-2-5-17(15)22-18/h1-2,4-5,7-10,12H,3,6,11,21H2. The van der Waals surface area contributed by atoms with E-state index in [-0.39, 0.29) is 11.6 Å². The SMILES string of the molecule is NCCCC(=O)c1cc(-c2ccc(F)cc2)nc2ccccc12. The van der Waals surface area contributed by atoms with Crippen LogP contribution in [0.3, 0.4) is 0 Å². The zero-order valence-corrected chi connectivity index (χ0v) is 12.6. The van der Waals surface area contributed by atoms with Gasteiger partial charge in [-0.3, -0.25) is 4.79 Å². The Morgan fingerprint density at radius 1 is 1.09 bits per heavy atom. The molecule has 0 spiro atoms. The number of nitrogens with two attached hydrogens (primary N) is 1. The van der Waals surface area contributed by atoms with Crippen molar-refractivity contribution >= 4 is 16.7 Å². The fraction of sp³-hybridized carbons (Fsp3) is 0.158. The van der Waals surface area contributed by atoms with Gasteiger partial charge in [0.05, 0.1) is 11.2 Å². The average Bonchev–Trinajstić information content (AvgIpc) is 2.59. The number of rotatable bonds is 5. The minimum absolute atomic E-state index is 0.0532. The van der Waals surface area contributed by atoms with Gasteiger partial charge < -0.3 is 5.73 Å². The van der Waals surface area contributed by atoms with Crippen LogP contribution in [0.5, 0.6) is 0 Å². The van der Waals surface area contributed by atoms with Gasteiger partial charge in [0.2, 0.25) is 0 Å². The molecular weight excluding hydrogens is 291 g/mol. The van der Waals surface area contributed by atoms with Gasteiger partial charge in [-0.05, 0) is 49.4 Å². The van der Waals surface area contributed by atoms with Crippen molar-refractivity contribution in [3.63, 3.8) is 0 Å². The van der Waals surface area contributed by atoms with E-state index < -0.39 is 0 Å². The normalized spacial score (nSPS) is 10.9. The number of benzene rings is 2. The predicted octanol–water partition coefficient (Wildman–Crippen LogP) is 3.96. The second-order valence-corrected chi connectivity index (χ2v) is 5.39. The van der Waals surface area contributed by atoms with E-state index >= 15 is 0 Å². The summed E-state index contributed by atoms with van der Waals surface area (Å²) in [6, 6.07) is 15.5. The van der Waals surface area contributed by atoms with Crippen molar-refractivity contribution in [3.05, 3.63) is 66.0 Å². The highest BCUT2D eigenvalue weighted by atomic mass is 19.1. The molecule has 23 heavy (non-hydrogen) atoms. The molecule has 0 atom stereocenters. The highest BCUT2D eigenvalue weighted by molar-refractivity contribution is 6.08. The van der Waals surface area contributed by atoms with E-state index in [9.17, 15) is 9.18 Å². The first-order chi connectivity index (χ1) is 11.2. The second kappa shape index (κ2) is 6.67. The lowest BCUT2D eigenvalue weighted by Crippen LogP contribution is -2.06. The molecule has 0 aliphatic rings. The molecule has 4 heteroatoms. The van der Waals surface area contributed by atoms with Crippen molar-refractivity contribution in [1.29, 1.82) is 0 Å². The van der Waals surface area contributed by atoms with Crippen molar-refractivity contribution in [2.24, 2.45) is 5.73 Å². The number of para-hydroxylation sites is 1. The van der Waals surface area contributed by atoms with Crippen LogP contribution in [0.15, 0.2) is 54.6 Å². The first-order valence-corrected chi connectivity index (χ1v) is 7.58. The van der Waals surface area contributed by atoms with E-state index in [1.54, 1.807) is 18.2 Å². The van der Waals surface area contributed by atoms with Gasteiger partial charge in [0.1, 0.15) is 5.82 Å². The predicted molar refractivity (Wildman–Crippen MR) is 89.8 cm³/mol. The van der Waals surface area contributed by atoms with Crippen molar-refractivity contribution in [3.8, 4) is 11.3 Å². The molecule has 3 aromatic rings. The highest BCUT2D eigenvalue weighted by Gasteiger charge is 2.13. The summed E-state index contributed by atoms with van der Waals surface area (Å²) in [5.41, 5.74) is 8.35. The van der Waals surface area contributed by atoms with E-state index in [2.05, 4.69) is 4.98 Å². The monoisotopic (exact) mass is 308 g/mol. The van der Waals surface area contributed by atoms with Crippen LogP contribution < -0.4 is 5.73 Å². The number of hydrogen-bond donors (Lipinski definition) is 1. The maximum Gasteiger partial charge on any atom is 0.163 e. The lowest BCUT2D eigenvalue weighted by Gasteiger charge is -2.09. The molecule has 0 saturated heterocycles. The summed E-state index contributed by atoms with van der Waals surface area (Å²) in [5, 5.41) is 0.834. The fourth-order valence-corrected chi connectivity index (χ4v) is 2.57. The summed E-state index contributed by atoms with van der Waals surface area (Å²) < 4.78 is 13.1. The average molecular weight is 308 g/mol. The molecular formula is C19H17FN2O. The van der Waals surface area contributed by atoms with Crippen molar-refractivity contribution in [1.82, 2.24) is 4.98 Å². The van der Waals surface area contributed by atoms with Crippen LogP contribution in [-0.4, -0.2) is 17.3 Å². The Labute approximate surface area is 134 Å². The second-order valence-electron chi connectivity index (χ2n) is 5.39. The number of hydrogen-bond acceptors (Lipinski definition) is 3. The van der Waals surface area contributed by atoms with E-state index in [0.717, 1.165) is 16.5 Å². The molecule has 0 aliphatic heterocycles. The zero-order chi connectivity index (χ0) is 16.2.